The normalized spacial score (nSPS) is 28.7. The minimum atomic E-state index is -0.616. The number of allylic oxidation sites excluding steroid dienone is 1. The first kappa shape index (κ1) is 22.7. The van der Waals surface area contributed by atoms with E-state index in [4.69, 9.17) is 9.47 Å². The molecular weight excluding hydrogens is 440 g/mol. The summed E-state index contributed by atoms with van der Waals surface area (Å²) >= 11 is 0. The zero-order chi connectivity index (χ0) is 23.9. The largest absolute Gasteiger partial charge is 0.486 e. The molecule has 4 unspecified atom stereocenters. The molecule has 1 aromatic heterocycles. The van der Waals surface area contributed by atoms with Gasteiger partial charge in [0, 0.05) is 30.4 Å². The first-order valence-electron chi connectivity index (χ1n) is 11.6. The molecule has 7 nitrogen and oxygen atoms in total. The monoisotopic (exact) mass is 469 g/mol. The van der Waals surface area contributed by atoms with Crippen LogP contribution in [0.3, 0.4) is 0 Å². The van der Waals surface area contributed by atoms with Crippen LogP contribution >= 0.6 is 0 Å². The highest BCUT2D eigenvalue weighted by atomic mass is 19.1. The number of aliphatic imine (C=N–C) groups is 1. The number of likely N-dealkylation sites (N-methyl/N-ethyl adjacent to an activating group) is 1. The van der Waals surface area contributed by atoms with Crippen molar-refractivity contribution >= 4 is 18.0 Å². The lowest BCUT2D eigenvalue weighted by Crippen LogP contribution is -2.43. The first-order valence-corrected chi connectivity index (χ1v) is 11.6. The van der Waals surface area contributed by atoms with Gasteiger partial charge in [-0.25, -0.2) is 13.8 Å². The van der Waals surface area contributed by atoms with Gasteiger partial charge in [-0.05, 0) is 43.9 Å². The molecule has 9 heteroatoms. The smallest absolute Gasteiger partial charge is 0.225 e. The molecule has 0 radical (unpaired) electrons. The summed E-state index contributed by atoms with van der Waals surface area (Å²) in [5, 5.41) is 3.38. The highest BCUT2D eigenvalue weighted by Crippen LogP contribution is 2.39. The van der Waals surface area contributed by atoms with Crippen molar-refractivity contribution in [3.8, 4) is 5.75 Å². The van der Waals surface area contributed by atoms with Crippen LogP contribution in [0, 0.1) is 17.0 Å². The first-order chi connectivity index (χ1) is 16.3. The van der Waals surface area contributed by atoms with Crippen molar-refractivity contribution in [1.82, 2.24) is 9.97 Å². The molecular formula is C25H29F2N5O2. The molecule has 0 spiro atoms. The average molecular weight is 470 g/mol. The maximum atomic E-state index is 13.8. The van der Waals surface area contributed by atoms with Crippen LogP contribution in [0.15, 0.2) is 41.2 Å². The number of rotatable bonds is 4. The molecule has 4 heterocycles. The lowest BCUT2D eigenvalue weighted by Gasteiger charge is -2.40. The van der Waals surface area contributed by atoms with E-state index in [0.717, 1.165) is 31.0 Å². The standard InChI is InChI=1S/C25H29F2N5O2/c1-15-11-25(2,6-7-28-15)22-5-4-19(13-34-22)30-24-29-12-21-23(31-24)32(3)20(14-33-21)16-8-17(26)10-18(27)9-16/h7-12,19-20,22H,4-6,13-14H2,1-3H3,(H,29,30,31). The number of aromatic nitrogens is 2. The summed E-state index contributed by atoms with van der Waals surface area (Å²) in [6.45, 7) is 5.05. The summed E-state index contributed by atoms with van der Waals surface area (Å²) in [4.78, 5) is 15.3. The number of halogens is 2. The van der Waals surface area contributed by atoms with Crippen LogP contribution in [0.5, 0.6) is 5.75 Å². The Morgan fingerprint density at radius 1 is 1.15 bits per heavy atom. The van der Waals surface area contributed by atoms with E-state index in [-0.39, 0.29) is 30.2 Å². The minimum absolute atomic E-state index is 0.0371. The van der Waals surface area contributed by atoms with Crippen LogP contribution in [0.2, 0.25) is 0 Å². The Morgan fingerprint density at radius 3 is 2.65 bits per heavy atom. The van der Waals surface area contributed by atoms with Crippen LogP contribution < -0.4 is 15.0 Å². The van der Waals surface area contributed by atoms with Crippen molar-refractivity contribution in [3.63, 3.8) is 0 Å². The molecule has 0 amide bonds. The van der Waals surface area contributed by atoms with E-state index in [1.165, 1.54) is 12.1 Å². The van der Waals surface area contributed by atoms with Gasteiger partial charge < -0.3 is 19.7 Å². The fourth-order valence-electron chi connectivity index (χ4n) is 5.05. The third kappa shape index (κ3) is 4.49. The molecule has 3 aliphatic rings. The number of anilines is 2. The molecule has 4 atom stereocenters. The molecule has 1 N–H and O–H groups in total. The lowest BCUT2D eigenvalue weighted by atomic mass is 9.76. The van der Waals surface area contributed by atoms with E-state index < -0.39 is 11.6 Å². The van der Waals surface area contributed by atoms with E-state index in [1.54, 1.807) is 6.20 Å². The van der Waals surface area contributed by atoms with Gasteiger partial charge >= 0.3 is 0 Å². The van der Waals surface area contributed by atoms with E-state index in [0.29, 0.717) is 29.7 Å². The van der Waals surface area contributed by atoms with Crippen molar-refractivity contribution in [1.29, 1.82) is 0 Å². The minimum Gasteiger partial charge on any atom is -0.486 e. The molecule has 180 valence electrons. The van der Waals surface area contributed by atoms with Crippen molar-refractivity contribution in [2.75, 3.05) is 30.5 Å². The second kappa shape index (κ2) is 8.94. The van der Waals surface area contributed by atoms with Gasteiger partial charge in [-0.3, -0.25) is 4.99 Å². The Morgan fingerprint density at radius 2 is 1.94 bits per heavy atom. The van der Waals surface area contributed by atoms with E-state index in [2.05, 4.69) is 33.3 Å². The third-order valence-corrected chi connectivity index (χ3v) is 6.91. The van der Waals surface area contributed by atoms with Crippen LogP contribution in [0.25, 0.3) is 0 Å². The summed E-state index contributed by atoms with van der Waals surface area (Å²) in [5.41, 5.74) is 1.49. The fraction of sp³-hybridized carbons (Fsp3) is 0.480. The zero-order valence-electron chi connectivity index (χ0n) is 19.6. The predicted octanol–water partition coefficient (Wildman–Crippen LogP) is 4.67. The molecule has 1 fully saturated rings. The van der Waals surface area contributed by atoms with Gasteiger partial charge in [0.15, 0.2) is 11.6 Å². The Balaban J connectivity index is 1.26. The predicted molar refractivity (Wildman–Crippen MR) is 126 cm³/mol. The highest BCUT2D eigenvalue weighted by Gasteiger charge is 2.37. The number of hydrogen-bond donors (Lipinski definition) is 1. The Labute approximate surface area is 197 Å². The van der Waals surface area contributed by atoms with Gasteiger partial charge in [0.1, 0.15) is 18.2 Å². The number of hydrogen-bond acceptors (Lipinski definition) is 7. The molecule has 1 aromatic carbocycles. The summed E-state index contributed by atoms with van der Waals surface area (Å²) in [6, 6.07) is 3.23. The van der Waals surface area contributed by atoms with Gasteiger partial charge in [0.2, 0.25) is 5.95 Å². The van der Waals surface area contributed by atoms with Crippen LogP contribution in [-0.2, 0) is 4.74 Å². The van der Waals surface area contributed by atoms with E-state index in [1.807, 2.05) is 25.1 Å². The number of nitrogens with one attached hydrogen (secondary N) is 1. The van der Waals surface area contributed by atoms with Crippen molar-refractivity contribution in [2.45, 2.75) is 51.3 Å². The van der Waals surface area contributed by atoms with Gasteiger partial charge in [-0.1, -0.05) is 13.0 Å². The molecule has 5 rings (SSSR count). The summed E-state index contributed by atoms with van der Waals surface area (Å²) in [6.07, 6.45) is 8.71. The van der Waals surface area contributed by atoms with E-state index in [9.17, 15) is 8.78 Å². The van der Waals surface area contributed by atoms with Gasteiger partial charge in [0.25, 0.3) is 0 Å². The Bertz CT molecular complexity index is 1110. The van der Waals surface area contributed by atoms with Crippen molar-refractivity contribution < 1.29 is 18.3 Å². The van der Waals surface area contributed by atoms with Crippen molar-refractivity contribution in [3.05, 3.63) is 53.4 Å². The highest BCUT2D eigenvalue weighted by molar-refractivity contribution is 5.62. The molecule has 0 aliphatic carbocycles. The van der Waals surface area contributed by atoms with E-state index >= 15 is 0 Å². The molecule has 0 bridgehead atoms. The number of benzene rings is 1. The molecule has 34 heavy (non-hydrogen) atoms. The number of nitrogens with zero attached hydrogens (tertiary/aromatic N) is 4. The summed E-state index contributed by atoms with van der Waals surface area (Å²) in [7, 11) is 1.84. The SMILES string of the molecule is CC1=CC(C)(C2CCC(Nc3ncc4c(n3)N(C)C(c3cc(F)cc(F)c3)CO4)CO2)CC=N1. The third-order valence-electron chi connectivity index (χ3n) is 6.91. The molecule has 1 saturated heterocycles. The second-order valence-corrected chi connectivity index (χ2v) is 9.57. The summed E-state index contributed by atoms with van der Waals surface area (Å²) in [5.74, 6) is 0.349. The number of fused-ring (bicyclic) bond motifs is 1. The van der Waals surface area contributed by atoms with Crippen LogP contribution in [0.1, 0.15) is 44.7 Å². The van der Waals surface area contributed by atoms with Crippen LogP contribution in [-0.4, -0.2) is 48.6 Å². The van der Waals surface area contributed by atoms with Crippen molar-refractivity contribution in [2.24, 2.45) is 10.4 Å². The average Bonchev–Trinajstić information content (AvgIpc) is 2.79. The lowest BCUT2D eigenvalue weighted by molar-refractivity contribution is -0.0459. The Hall–Kier alpha value is -3.07. The maximum Gasteiger partial charge on any atom is 0.225 e. The van der Waals surface area contributed by atoms with Gasteiger partial charge in [-0.2, -0.15) is 4.98 Å². The maximum absolute atomic E-state index is 13.8. The molecule has 3 aliphatic heterocycles. The topological polar surface area (TPSA) is 71.9 Å². The zero-order valence-corrected chi connectivity index (χ0v) is 19.6. The van der Waals surface area contributed by atoms with Crippen LogP contribution in [0.4, 0.5) is 20.5 Å². The molecule has 0 saturated carbocycles. The van der Waals surface area contributed by atoms with Gasteiger partial charge in [-0.15, -0.1) is 0 Å². The number of ether oxygens (including phenoxy) is 2. The fourth-order valence-corrected chi connectivity index (χ4v) is 5.05. The molecule has 2 aromatic rings. The summed E-state index contributed by atoms with van der Waals surface area (Å²) < 4.78 is 39.6. The Kier molecular flexibility index (Phi) is 5.97. The quantitative estimate of drug-likeness (QED) is 0.702. The second-order valence-electron chi connectivity index (χ2n) is 9.57. The van der Waals surface area contributed by atoms with Gasteiger partial charge in [0.05, 0.1) is 31.0 Å².